The molecule has 1 saturated heterocycles. The Balaban J connectivity index is 1.16. The predicted octanol–water partition coefficient (Wildman–Crippen LogP) is 2.92. The predicted molar refractivity (Wildman–Crippen MR) is 122 cm³/mol. The van der Waals surface area contributed by atoms with Crippen LogP contribution < -0.4 is 14.4 Å². The van der Waals surface area contributed by atoms with Gasteiger partial charge >= 0.3 is 0 Å². The van der Waals surface area contributed by atoms with Gasteiger partial charge in [-0.05, 0) is 42.7 Å². The molecule has 1 aliphatic carbocycles. The van der Waals surface area contributed by atoms with Crippen LogP contribution in [0.2, 0.25) is 0 Å². The SMILES string of the molecule is COc1ccc(CC(=O)N2CCN(c3ccc(-c4noc(C5CC5)n4)cn3)CC2)cc1OC. The molecular weight excluding hydrogens is 422 g/mol. The minimum Gasteiger partial charge on any atom is -0.493 e. The molecule has 5 rings (SSSR count). The summed E-state index contributed by atoms with van der Waals surface area (Å²) < 4.78 is 16.0. The molecule has 2 aliphatic rings. The van der Waals surface area contributed by atoms with Crippen molar-refractivity contribution in [3.05, 3.63) is 48.0 Å². The molecule has 0 radical (unpaired) electrons. The van der Waals surface area contributed by atoms with Crippen LogP contribution in [-0.2, 0) is 11.2 Å². The van der Waals surface area contributed by atoms with E-state index >= 15 is 0 Å². The van der Waals surface area contributed by atoms with Crippen LogP contribution in [0.1, 0.15) is 30.2 Å². The quantitative estimate of drug-likeness (QED) is 0.544. The number of rotatable bonds is 7. The van der Waals surface area contributed by atoms with E-state index < -0.39 is 0 Å². The van der Waals surface area contributed by atoms with Gasteiger partial charge in [-0.25, -0.2) is 4.98 Å². The zero-order valence-corrected chi connectivity index (χ0v) is 18.9. The van der Waals surface area contributed by atoms with Crippen molar-refractivity contribution >= 4 is 11.7 Å². The second-order valence-electron chi connectivity index (χ2n) is 8.37. The summed E-state index contributed by atoms with van der Waals surface area (Å²) in [6.45, 7) is 2.78. The molecule has 2 aromatic heterocycles. The van der Waals surface area contributed by atoms with Crippen LogP contribution in [0.5, 0.6) is 11.5 Å². The number of carbonyl (C=O) groups is 1. The molecule has 33 heavy (non-hydrogen) atoms. The second kappa shape index (κ2) is 9.09. The zero-order valence-electron chi connectivity index (χ0n) is 18.9. The van der Waals surface area contributed by atoms with E-state index in [9.17, 15) is 4.79 Å². The van der Waals surface area contributed by atoms with Crippen LogP contribution in [-0.4, -0.2) is 66.3 Å². The Kier molecular flexibility index (Phi) is 5.85. The molecule has 2 fully saturated rings. The topological polar surface area (TPSA) is 93.8 Å². The van der Waals surface area contributed by atoms with Crippen LogP contribution in [0.4, 0.5) is 5.82 Å². The average Bonchev–Trinajstić information content (AvgIpc) is 3.60. The molecular formula is C24H27N5O4. The number of amides is 1. The van der Waals surface area contributed by atoms with Crippen LogP contribution in [0.15, 0.2) is 41.1 Å². The second-order valence-corrected chi connectivity index (χ2v) is 8.37. The number of ether oxygens (including phenoxy) is 2. The van der Waals surface area contributed by atoms with Crippen molar-refractivity contribution in [1.82, 2.24) is 20.0 Å². The summed E-state index contributed by atoms with van der Waals surface area (Å²) in [4.78, 5) is 26.0. The van der Waals surface area contributed by atoms with Gasteiger partial charge in [0.05, 0.1) is 20.6 Å². The first kappa shape index (κ1) is 21.2. The number of aromatic nitrogens is 3. The molecule has 3 aromatic rings. The normalized spacial score (nSPS) is 16.1. The van der Waals surface area contributed by atoms with Gasteiger partial charge in [0.25, 0.3) is 0 Å². The van der Waals surface area contributed by atoms with Crippen molar-refractivity contribution in [3.63, 3.8) is 0 Å². The Labute approximate surface area is 192 Å². The fourth-order valence-electron chi connectivity index (χ4n) is 4.02. The standard InChI is InChI=1S/C24H27N5O4/c1-31-19-7-3-16(13-20(19)32-2)14-22(30)29-11-9-28(10-12-29)21-8-6-18(15-25-21)23-26-24(33-27-23)17-4-5-17/h3,6-8,13,15,17H,4-5,9-12,14H2,1-2H3. The van der Waals surface area contributed by atoms with Crippen molar-refractivity contribution < 1.29 is 18.8 Å². The highest BCUT2D eigenvalue weighted by molar-refractivity contribution is 5.79. The van der Waals surface area contributed by atoms with E-state index in [-0.39, 0.29) is 5.91 Å². The lowest BCUT2D eigenvalue weighted by atomic mass is 10.1. The molecule has 1 saturated carbocycles. The lowest BCUT2D eigenvalue weighted by molar-refractivity contribution is -0.130. The molecule has 1 aliphatic heterocycles. The number of hydrogen-bond acceptors (Lipinski definition) is 8. The number of benzene rings is 1. The van der Waals surface area contributed by atoms with Crippen molar-refractivity contribution in [2.45, 2.75) is 25.2 Å². The van der Waals surface area contributed by atoms with Crippen molar-refractivity contribution in [3.8, 4) is 22.9 Å². The number of pyridine rings is 1. The average molecular weight is 450 g/mol. The summed E-state index contributed by atoms with van der Waals surface area (Å²) in [6.07, 6.45) is 4.37. The summed E-state index contributed by atoms with van der Waals surface area (Å²) in [7, 11) is 3.19. The first-order valence-corrected chi connectivity index (χ1v) is 11.2. The third-order valence-corrected chi connectivity index (χ3v) is 6.13. The maximum atomic E-state index is 12.8. The summed E-state index contributed by atoms with van der Waals surface area (Å²) in [6, 6.07) is 9.53. The van der Waals surface area contributed by atoms with E-state index in [0.717, 1.165) is 48.8 Å². The summed E-state index contributed by atoms with van der Waals surface area (Å²) >= 11 is 0. The lowest BCUT2D eigenvalue weighted by Gasteiger charge is -2.35. The fraction of sp³-hybridized carbons (Fsp3) is 0.417. The van der Waals surface area contributed by atoms with E-state index in [4.69, 9.17) is 14.0 Å². The minimum atomic E-state index is 0.105. The molecule has 0 N–H and O–H groups in total. The lowest BCUT2D eigenvalue weighted by Crippen LogP contribution is -2.49. The molecule has 172 valence electrons. The van der Waals surface area contributed by atoms with Crippen molar-refractivity contribution in [2.75, 3.05) is 45.3 Å². The Morgan fingerprint density at radius 2 is 1.85 bits per heavy atom. The smallest absolute Gasteiger partial charge is 0.230 e. The maximum absolute atomic E-state index is 12.8. The van der Waals surface area contributed by atoms with Gasteiger partial charge in [-0.15, -0.1) is 0 Å². The summed E-state index contributed by atoms with van der Waals surface area (Å²) in [5.74, 6) is 4.02. The number of methoxy groups -OCH3 is 2. The van der Waals surface area contributed by atoms with Crippen LogP contribution in [0.25, 0.3) is 11.4 Å². The highest BCUT2D eigenvalue weighted by Crippen LogP contribution is 2.39. The van der Waals surface area contributed by atoms with Gasteiger partial charge in [0.2, 0.25) is 17.6 Å². The molecule has 0 bridgehead atoms. The third kappa shape index (κ3) is 4.62. The Hall–Kier alpha value is -3.62. The number of carbonyl (C=O) groups excluding carboxylic acids is 1. The van der Waals surface area contributed by atoms with E-state index in [1.807, 2.05) is 35.2 Å². The maximum Gasteiger partial charge on any atom is 0.230 e. The number of anilines is 1. The first-order valence-electron chi connectivity index (χ1n) is 11.2. The van der Waals surface area contributed by atoms with E-state index in [1.54, 1.807) is 20.4 Å². The molecule has 0 spiro atoms. The van der Waals surface area contributed by atoms with E-state index in [0.29, 0.717) is 42.8 Å². The van der Waals surface area contributed by atoms with Gasteiger partial charge in [-0.1, -0.05) is 11.2 Å². The molecule has 9 nitrogen and oxygen atoms in total. The van der Waals surface area contributed by atoms with Gasteiger partial charge < -0.3 is 23.8 Å². The molecule has 0 atom stereocenters. The van der Waals surface area contributed by atoms with Crippen LogP contribution in [0.3, 0.4) is 0 Å². The monoisotopic (exact) mass is 449 g/mol. The summed E-state index contributed by atoms with van der Waals surface area (Å²) in [5, 5.41) is 4.08. The van der Waals surface area contributed by atoms with Gasteiger partial charge in [-0.3, -0.25) is 4.79 Å². The highest BCUT2D eigenvalue weighted by atomic mass is 16.5. The minimum absolute atomic E-state index is 0.105. The zero-order chi connectivity index (χ0) is 22.8. The first-order chi connectivity index (χ1) is 16.1. The molecule has 9 heteroatoms. The van der Waals surface area contributed by atoms with E-state index in [1.165, 1.54) is 0 Å². The molecule has 1 aromatic carbocycles. The largest absolute Gasteiger partial charge is 0.493 e. The van der Waals surface area contributed by atoms with Crippen molar-refractivity contribution in [1.29, 1.82) is 0 Å². The van der Waals surface area contributed by atoms with Crippen LogP contribution >= 0.6 is 0 Å². The fourth-order valence-corrected chi connectivity index (χ4v) is 4.02. The Morgan fingerprint density at radius 1 is 1.06 bits per heavy atom. The molecule has 1 amide bonds. The number of nitrogens with zero attached hydrogens (tertiary/aromatic N) is 5. The van der Waals surface area contributed by atoms with Crippen LogP contribution in [0, 0.1) is 0 Å². The highest BCUT2D eigenvalue weighted by Gasteiger charge is 2.30. The molecule has 0 unspecified atom stereocenters. The van der Waals surface area contributed by atoms with Gasteiger partial charge in [-0.2, -0.15) is 4.98 Å². The Bertz CT molecular complexity index is 1120. The van der Waals surface area contributed by atoms with Crippen molar-refractivity contribution in [2.24, 2.45) is 0 Å². The van der Waals surface area contributed by atoms with Gasteiger partial charge in [0.1, 0.15) is 5.82 Å². The number of piperazine rings is 1. The number of hydrogen-bond donors (Lipinski definition) is 0. The molecule has 3 heterocycles. The Morgan fingerprint density at radius 3 is 2.52 bits per heavy atom. The van der Waals surface area contributed by atoms with Gasteiger partial charge in [0, 0.05) is 43.9 Å². The van der Waals surface area contributed by atoms with E-state index in [2.05, 4.69) is 20.0 Å². The third-order valence-electron chi connectivity index (χ3n) is 6.13. The van der Waals surface area contributed by atoms with Gasteiger partial charge in [0.15, 0.2) is 11.5 Å². The summed E-state index contributed by atoms with van der Waals surface area (Å²) in [5.41, 5.74) is 1.75.